The average Bonchev–Trinajstić information content (AvgIpc) is 3.77. The molecule has 1 aliphatic heterocycles. The molecule has 3 aromatic rings. The number of halogens is 8. The van der Waals surface area contributed by atoms with E-state index in [4.69, 9.17) is 0 Å². The summed E-state index contributed by atoms with van der Waals surface area (Å²) in [4.78, 5) is 57.0. The Kier molecular flexibility index (Phi) is 8.34. The van der Waals surface area contributed by atoms with Gasteiger partial charge < -0.3 is 15.5 Å². The van der Waals surface area contributed by atoms with Crippen LogP contribution in [0.3, 0.4) is 0 Å². The molecule has 2 heterocycles. The third-order valence-electron chi connectivity index (χ3n) is 7.51. The summed E-state index contributed by atoms with van der Waals surface area (Å²) in [6, 6.07) is 6.57. The molecule has 2 aliphatic rings. The number of para-hydroxylation sites is 1. The van der Waals surface area contributed by atoms with Crippen LogP contribution < -0.4 is 15.5 Å². The van der Waals surface area contributed by atoms with Crippen molar-refractivity contribution in [1.82, 2.24) is 15.6 Å². The van der Waals surface area contributed by atoms with E-state index >= 15 is 0 Å². The van der Waals surface area contributed by atoms with Crippen LogP contribution >= 0.6 is 0 Å². The van der Waals surface area contributed by atoms with Crippen molar-refractivity contribution in [3.05, 3.63) is 94.3 Å². The minimum absolute atomic E-state index is 0.0518. The molecule has 0 bridgehead atoms. The molecule has 8 nitrogen and oxygen atoms in total. The number of rotatable bonds is 7. The van der Waals surface area contributed by atoms with Crippen LogP contribution in [0.25, 0.3) is 0 Å². The summed E-state index contributed by atoms with van der Waals surface area (Å²) in [5, 5.41) is 4.86. The van der Waals surface area contributed by atoms with Gasteiger partial charge in [0, 0.05) is 12.0 Å². The summed E-state index contributed by atoms with van der Waals surface area (Å²) in [6.45, 7) is -0.814. The minimum Gasteiger partial charge on any atom is -0.342 e. The van der Waals surface area contributed by atoms with Gasteiger partial charge in [0.05, 0.1) is 35.5 Å². The topological polar surface area (TPSA) is 108 Å². The van der Waals surface area contributed by atoms with Crippen molar-refractivity contribution < 1.29 is 54.3 Å². The van der Waals surface area contributed by atoms with E-state index in [9.17, 15) is 54.3 Å². The second-order valence-corrected chi connectivity index (χ2v) is 10.9. The lowest BCUT2D eigenvalue weighted by Gasteiger charge is -2.28. The van der Waals surface area contributed by atoms with Gasteiger partial charge in [-0.05, 0) is 60.9 Å². The first-order chi connectivity index (χ1) is 21.5. The lowest BCUT2D eigenvalue weighted by Crippen LogP contribution is -2.55. The fraction of sp³-hybridized carbons (Fsp3) is 0.300. The minimum atomic E-state index is -5.15. The van der Waals surface area contributed by atoms with Crippen LogP contribution in [0.2, 0.25) is 0 Å². The molecule has 0 spiro atoms. The summed E-state index contributed by atoms with van der Waals surface area (Å²) < 4.78 is 108. The molecule has 3 amide bonds. The predicted octanol–water partition coefficient (Wildman–Crippen LogP) is 4.89. The molecule has 2 aromatic carbocycles. The summed E-state index contributed by atoms with van der Waals surface area (Å²) in [5.74, 6) is -5.95. The molecule has 1 aliphatic carbocycles. The largest absolute Gasteiger partial charge is 0.416 e. The van der Waals surface area contributed by atoms with E-state index in [0.29, 0.717) is 12.1 Å². The van der Waals surface area contributed by atoms with Gasteiger partial charge in [-0.2, -0.15) is 30.7 Å². The van der Waals surface area contributed by atoms with Gasteiger partial charge in [-0.1, -0.05) is 12.1 Å². The Hall–Kier alpha value is -4.89. The van der Waals surface area contributed by atoms with Gasteiger partial charge in [0.1, 0.15) is 11.6 Å². The van der Waals surface area contributed by atoms with Crippen LogP contribution in [0, 0.1) is 11.8 Å². The van der Waals surface area contributed by atoms with Crippen molar-refractivity contribution in [2.75, 3.05) is 4.90 Å². The van der Waals surface area contributed by atoms with Crippen LogP contribution in [0.1, 0.15) is 52.0 Å². The molecule has 0 radical (unpaired) electrons. The quantitative estimate of drug-likeness (QED) is 0.279. The predicted molar refractivity (Wildman–Crippen MR) is 143 cm³/mol. The SMILES string of the molecule is O=C(Cc1ccc(F)c(F)n1)NC1(C(=O)N[C@@H]2CC(=O)c3ccccc3N(Cc3cc(C(F)(F)F)cc(C(F)(F)F)c3)C2=O)CC1. The Morgan fingerprint density at radius 2 is 1.54 bits per heavy atom. The number of alkyl halides is 6. The zero-order valence-electron chi connectivity index (χ0n) is 23.4. The van der Waals surface area contributed by atoms with Gasteiger partial charge >= 0.3 is 12.4 Å². The van der Waals surface area contributed by atoms with E-state index in [0.717, 1.165) is 17.0 Å². The second kappa shape index (κ2) is 11.8. The number of carbonyl (C=O) groups is 4. The maximum absolute atomic E-state index is 13.8. The molecule has 2 N–H and O–H groups in total. The van der Waals surface area contributed by atoms with Crippen LogP contribution in [-0.4, -0.2) is 40.1 Å². The molecule has 46 heavy (non-hydrogen) atoms. The van der Waals surface area contributed by atoms with E-state index in [1.54, 1.807) is 0 Å². The number of benzene rings is 2. The van der Waals surface area contributed by atoms with E-state index in [2.05, 4.69) is 15.6 Å². The Morgan fingerprint density at radius 1 is 0.913 bits per heavy atom. The number of anilines is 1. The van der Waals surface area contributed by atoms with E-state index in [-0.39, 0.29) is 35.9 Å². The monoisotopic (exact) mass is 654 g/mol. The number of hydrogen-bond acceptors (Lipinski definition) is 5. The van der Waals surface area contributed by atoms with Crippen LogP contribution in [-0.2, 0) is 39.7 Å². The van der Waals surface area contributed by atoms with E-state index < -0.39 is 95.3 Å². The Balaban J connectivity index is 1.40. The van der Waals surface area contributed by atoms with Crippen molar-refractivity contribution in [2.24, 2.45) is 0 Å². The highest BCUT2D eigenvalue weighted by Gasteiger charge is 2.52. The molecule has 0 saturated heterocycles. The third-order valence-corrected chi connectivity index (χ3v) is 7.51. The van der Waals surface area contributed by atoms with E-state index in [1.807, 2.05) is 0 Å². The summed E-state index contributed by atoms with van der Waals surface area (Å²) in [5.41, 5.74) is -5.53. The van der Waals surface area contributed by atoms with Gasteiger partial charge in [0.25, 0.3) is 0 Å². The Labute approximate surface area is 254 Å². The molecule has 242 valence electrons. The molecule has 0 unspecified atom stereocenters. The number of aromatic nitrogens is 1. The van der Waals surface area contributed by atoms with Gasteiger partial charge in [0.2, 0.25) is 23.7 Å². The molecule has 1 fully saturated rings. The number of nitrogens with zero attached hydrogens (tertiary/aromatic N) is 2. The number of carbonyl (C=O) groups excluding carboxylic acids is 4. The van der Waals surface area contributed by atoms with Crippen LogP contribution in [0.4, 0.5) is 40.8 Å². The number of hydrogen-bond donors (Lipinski definition) is 2. The summed E-state index contributed by atoms with van der Waals surface area (Å²) in [6.07, 6.45) is -11.2. The Morgan fingerprint density at radius 3 is 2.13 bits per heavy atom. The Bertz CT molecular complexity index is 1700. The van der Waals surface area contributed by atoms with Crippen LogP contribution in [0.5, 0.6) is 0 Å². The maximum Gasteiger partial charge on any atom is 0.416 e. The summed E-state index contributed by atoms with van der Waals surface area (Å²) >= 11 is 0. The fourth-order valence-corrected chi connectivity index (χ4v) is 5.06. The van der Waals surface area contributed by atoms with Crippen molar-refractivity contribution in [3.8, 4) is 0 Å². The molecule has 1 atom stereocenters. The second-order valence-electron chi connectivity index (χ2n) is 10.9. The summed E-state index contributed by atoms with van der Waals surface area (Å²) in [7, 11) is 0. The van der Waals surface area contributed by atoms with Gasteiger partial charge in [-0.15, -0.1) is 0 Å². The number of Topliss-reactive ketones (excluding diaryl/α,β-unsaturated/α-hetero) is 1. The molecule has 16 heteroatoms. The zero-order chi connectivity index (χ0) is 33.6. The molecular formula is C30H22F8N4O4. The fourth-order valence-electron chi connectivity index (χ4n) is 5.06. The molecule has 1 saturated carbocycles. The van der Waals surface area contributed by atoms with Crippen molar-refractivity contribution in [2.45, 2.75) is 56.2 Å². The van der Waals surface area contributed by atoms with Gasteiger partial charge in [-0.25, -0.2) is 9.37 Å². The number of amides is 3. The highest BCUT2D eigenvalue weighted by atomic mass is 19.4. The number of pyridine rings is 1. The maximum atomic E-state index is 13.8. The zero-order valence-corrected chi connectivity index (χ0v) is 23.4. The first-order valence-electron chi connectivity index (χ1n) is 13.6. The molecular weight excluding hydrogens is 632 g/mol. The van der Waals surface area contributed by atoms with Gasteiger partial charge in [-0.3, -0.25) is 19.2 Å². The first kappa shape index (κ1) is 32.5. The lowest BCUT2D eigenvalue weighted by molar-refractivity contribution is -0.143. The van der Waals surface area contributed by atoms with Crippen LogP contribution in [0.15, 0.2) is 54.6 Å². The molecule has 5 rings (SSSR count). The highest BCUT2D eigenvalue weighted by molar-refractivity contribution is 6.13. The first-order valence-corrected chi connectivity index (χ1v) is 13.6. The third kappa shape index (κ3) is 6.84. The number of nitrogens with one attached hydrogen (secondary N) is 2. The lowest BCUT2D eigenvalue weighted by atomic mass is 10.0. The van der Waals surface area contributed by atoms with Crippen molar-refractivity contribution >= 4 is 29.2 Å². The average molecular weight is 655 g/mol. The highest BCUT2D eigenvalue weighted by Crippen LogP contribution is 2.39. The van der Waals surface area contributed by atoms with Crippen molar-refractivity contribution in [1.29, 1.82) is 0 Å². The van der Waals surface area contributed by atoms with Crippen molar-refractivity contribution in [3.63, 3.8) is 0 Å². The molecule has 1 aromatic heterocycles. The van der Waals surface area contributed by atoms with Gasteiger partial charge in [0.15, 0.2) is 11.6 Å². The number of ketones is 1. The van der Waals surface area contributed by atoms with E-state index in [1.165, 1.54) is 24.3 Å². The number of fused-ring (bicyclic) bond motifs is 1. The normalized spacial score (nSPS) is 17.7. The smallest absolute Gasteiger partial charge is 0.342 e. The standard InChI is InChI=1S/C30H22F8N4O4/c31-20-6-5-18(39-25(20)32)12-24(44)41-28(7-8-28)27(46)40-21-13-23(43)19-3-1-2-4-22(19)42(26(21)45)14-15-9-16(29(33,34)35)11-17(10-15)30(36,37)38/h1-6,9-11,21H,7-8,12-14H2,(H,40,46)(H,41,44)/t21-/m1/s1.